The zero-order valence-electron chi connectivity index (χ0n) is 10.7. The number of likely N-dealkylation sites (tertiary alicyclic amines) is 1. The van der Waals surface area contributed by atoms with Crippen LogP contribution >= 0.6 is 0 Å². The molecule has 1 N–H and O–H groups in total. The lowest BCUT2D eigenvalue weighted by atomic mass is 10.0. The zero-order valence-corrected chi connectivity index (χ0v) is 10.7. The highest BCUT2D eigenvalue weighted by Crippen LogP contribution is 2.20. The summed E-state index contributed by atoms with van der Waals surface area (Å²) in [6.07, 6.45) is 2.63. The summed E-state index contributed by atoms with van der Waals surface area (Å²) >= 11 is 0. The Kier molecular flexibility index (Phi) is 5.41. The maximum absolute atomic E-state index is 11.4. The Morgan fingerprint density at radius 1 is 1.35 bits per heavy atom. The van der Waals surface area contributed by atoms with Crippen LogP contribution in [0.3, 0.4) is 0 Å². The summed E-state index contributed by atoms with van der Waals surface area (Å²) in [6.45, 7) is 2.72. The number of amides is 1. The number of nitrogens with zero attached hydrogens (tertiary/aromatic N) is 2. The van der Waals surface area contributed by atoms with Crippen LogP contribution in [0, 0.1) is 5.92 Å². The first-order valence-corrected chi connectivity index (χ1v) is 6.13. The van der Waals surface area contributed by atoms with Gasteiger partial charge in [0.1, 0.15) is 0 Å². The topological polar surface area (TPSA) is 60.9 Å². The van der Waals surface area contributed by atoms with Crippen molar-refractivity contribution in [2.24, 2.45) is 5.92 Å². The van der Waals surface area contributed by atoms with Crippen LogP contribution in [-0.2, 0) is 9.59 Å². The molecule has 1 amide bonds. The minimum absolute atomic E-state index is 0.152. The van der Waals surface area contributed by atoms with Crippen molar-refractivity contribution in [3.8, 4) is 0 Å². The van der Waals surface area contributed by atoms with Crippen molar-refractivity contribution >= 4 is 11.9 Å². The van der Waals surface area contributed by atoms with Crippen molar-refractivity contribution in [2.45, 2.75) is 25.7 Å². The maximum Gasteiger partial charge on any atom is 0.303 e. The molecule has 1 fully saturated rings. The number of hydrogen-bond donors (Lipinski definition) is 1. The molecule has 0 aliphatic carbocycles. The van der Waals surface area contributed by atoms with Crippen LogP contribution in [-0.4, -0.2) is 60.5 Å². The lowest BCUT2D eigenvalue weighted by Crippen LogP contribution is -2.29. The number of carbonyl (C=O) groups is 2. The fraction of sp³-hybridized carbons (Fsp3) is 0.833. The Morgan fingerprint density at radius 2 is 2.06 bits per heavy atom. The third kappa shape index (κ3) is 5.17. The van der Waals surface area contributed by atoms with E-state index in [4.69, 9.17) is 5.11 Å². The van der Waals surface area contributed by atoms with E-state index in [1.54, 1.807) is 19.0 Å². The molecule has 1 heterocycles. The largest absolute Gasteiger partial charge is 0.481 e. The normalized spacial score (nSPS) is 20.5. The SMILES string of the molecule is CN(C)C(=O)CCN1CCC(CCC(=O)O)C1. The van der Waals surface area contributed by atoms with Crippen LogP contribution in [0.25, 0.3) is 0 Å². The quantitative estimate of drug-likeness (QED) is 0.743. The Morgan fingerprint density at radius 3 is 2.65 bits per heavy atom. The van der Waals surface area contributed by atoms with Gasteiger partial charge in [-0.25, -0.2) is 0 Å². The number of carboxylic acids is 1. The molecule has 0 aromatic rings. The van der Waals surface area contributed by atoms with Crippen molar-refractivity contribution < 1.29 is 14.7 Å². The number of aliphatic carboxylic acids is 1. The fourth-order valence-corrected chi connectivity index (χ4v) is 2.16. The molecule has 1 unspecified atom stereocenters. The van der Waals surface area contributed by atoms with E-state index in [0.717, 1.165) is 32.5 Å². The lowest BCUT2D eigenvalue weighted by Gasteiger charge is -2.17. The number of carbonyl (C=O) groups excluding carboxylic acids is 1. The summed E-state index contributed by atoms with van der Waals surface area (Å²) in [6, 6.07) is 0. The Labute approximate surface area is 102 Å². The maximum atomic E-state index is 11.4. The molecule has 1 saturated heterocycles. The summed E-state index contributed by atoms with van der Waals surface area (Å²) in [5.74, 6) is -0.0780. The second-order valence-electron chi connectivity index (χ2n) is 4.93. The van der Waals surface area contributed by atoms with E-state index in [2.05, 4.69) is 4.90 Å². The molecule has 1 rings (SSSR count). The number of rotatable bonds is 6. The second-order valence-corrected chi connectivity index (χ2v) is 4.93. The summed E-state index contributed by atoms with van der Waals surface area (Å²) < 4.78 is 0. The second kappa shape index (κ2) is 6.59. The minimum atomic E-state index is -0.716. The molecule has 1 aliphatic heterocycles. The van der Waals surface area contributed by atoms with E-state index in [0.29, 0.717) is 12.3 Å². The standard InChI is InChI=1S/C12H22N2O3/c1-13(2)11(15)6-8-14-7-5-10(9-14)3-4-12(16)17/h10H,3-9H2,1-2H3,(H,16,17). The van der Waals surface area contributed by atoms with Crippen LogP contribution in [0.2, 0.25) is 0 Å². The summed E-state index contributed by atoms with van der Waals surface area (Å²) in [4.78, 5) is 25.7. The Bertz CT molecular complexity index is 279. The summed E-state index contributed by atoms with van der Waals surface area (Å²) in [7, 11) is 3.53. The number of hydrogen-bond acceptors (Lipinski definition) is 3. The van der Waals surface area contributed by atoms with E-state index in [1.165, 1.54) is 0 Å². The molecular formula is C12H22N2O3. The molecule has 0 saturated carbocycles. The third-order valence-electron chi connectivity index (χ3n) is 3.28. The van der Waals surface area contributed by atoms with Crippen molar-refractivity contribution in [1.29, 1.82) is 0 Å². The molecule has 5 nitrogen and oxygen atoms in total. The first kappa shape index (κ1) is 14.0. The predicted molar refractivity (Wildman–Crippen MR) is 64.7 cm³/mol. The van der Waals surface area contributed by atoms with Gasteiger partial charge in [0.25, 0.3) is 0 Å². The van der Waals surface area contributed by atoms with Crippen molar-refractivity contribution in [1.82, 2.24) is 9.80 Å². The van der Waals surface area contributed by atoms with Crippen LogP contribution in [0.15, 0.2) is 0 Å². The van der Waals surface area contributed by atoms with Crippen molar-refractivity contribution in [3.63, 3.8) is 0 Å². The third-order valence-corrected chi connectivity index (χ3v) is 3.28. The van der Waals surface area contributed by atoms with E-state index in [-0.39, 0.29) is 12.3 Å². The van der Waals surface area contributed by atoms with Gasteiger partial charge < -0.3 is 14.9 Å². The summed E-state index contributed by atoms with van der Waals surface area (Å²) in [5, 5.41) is 8.61. The molecule has 0 bridgehead atoms. The smallest absolute Gasteiger partial charge is 0.303 e. The van der Waals surface area contributed by atoms with Gasteiger partial charge in [0.2, 0.25) is 5.91 Å². The molecule has 0 aromatic carbocycles. The average Bonchev–Trinajstić information content (AvgIpc) is 2.70. The lowest BCUT2D eigenvalue weighted by molar-refractivity contribution is -0.137. The number of carboxylic acid groups (broad SMARTS) is 1. The Balaban J connectivity index is 2.17. The molecule has 1 aliphatic rings. The van der Waals surface area contributed by atoms with Crippen molar-refractivity contribution in [2.75, 3.05) is 33.7 Å². The highest BCUT2D eigenvalue weighted by Gasteiger charge is 2.23. The molecule has 0 spiro atoms. The van der Waals surface area contributed by atoms with Gasteiger partial charge >= 0.3 is 5.97 Å². The van der Waals surface area contributed by atoms with Gasteiger partial charge in [0.15, 0.2) is 0 Å². The van der Waals surface area contributed by atoms with Gasteiger partial charge in [-0.15, -0.1) is 0 Å². The molecule has 98 valence electrons. The van der Waals surface area contributed by atoms with Crippen LogP contribution in [0.4, 0.5) is 0 Å². The zero-order chi connectivity index (χ0) is 12.8. The van der Waals surface area contributed by atoms with E-state index in [1.807, 2.05) is 0 Å². The highest BCUT2D eigenvalue weighted by molar-refractivity contribution is 5.75. The van der Waals surface area contributed by atoms with Gasteiger partial charge in [0, 0.05) is 40.0 Å². The van der Waals surface area contributed by atoms with E-state index in [9.17, 15) is 9.59 Å². The van der Waals surface area contributed by atoms with Crippen LogP contribution in [0.1, 0.15) is 25.7 Å². The van der Waals surface area contributed by atoms with Gasteiger partial charge in [-0.3, -0.25) is 9.59 Å². The van der Waals surface area contributed by atoms with Gasteiger partial charge in [-0.05, 0) is 25.3 Å². The highest BCUT2D eigenvalue weighted by atomic mass is 16.4. The summed E-state index contributed by atoms with van der Waals surface area (Å²) in [5.41, 5.74) is 0. The van der Waals surface area contributed by atoms with Gasteiger partial charge in [-0.2, -0.15) is 0 Å². The van der Waals surface area contributed by atoms with Gasteiger partial charge in [0.05, 0.1) is 0 Å². The van der Waals surface area contributed by atoms with Crippen LogP contribution in [0.5, 0.6) is 0 Å². The first-order chi connectivity index (χ1) is 7.99. The molecule has 0 aromatic heterocycles. The molecule has 17 heavy (non-hydrogen) atoms. The van der Waals surface area contributed by atoms with Crippen LogP contribution < -0.4 is 0 Å². The first-order valence-electron chi connectivity index (χ1n) is 6.13. The minimum Gasteiger partial charge on any atom is -0.481 e. The van der Waals surface area contributed by atoms with Crippen molar-refractivity contribution in [3.05, 3.63) is 0 Å². The average molecular weight is 242 g/mol. The fourth-order valence-electron chi connectivity index (χ4n) is 2.16. The molecule has 1 atom stereocenters. The monoisotopic (exact) mass is 242 g/mol. The molecule has 5 heteroatoms. The predicted octanol–water partition coefficient (Wildman–Crippen LogP) is 0.651. The van der Waals surface area contributed by atoms with E-state index < -0.39 is 5.97 Å². The Hall–Kier alpha value is -1.10. The van der Waals surface area contributed by atoms with E-state index >= 15 is 0 Å². The van der Waals surface area contributed by atoms with Gasteiger partial charge in [-0.1, -0.05) is 0 Å². The molecule has 0 radical (unpaired) electrons. The molecular weight excluding hydrogens is 220 g/mol.